The van der Waals surface area contributed by atoms with Gasteiger partial charge in [-0.05, 0) is 48.5 Å². The number of H-pyrrole nitrogens is 2. The Labute approximate surface area is 188 Å². The Morgan fingerprint density at radius 3 is 1.64 bits per heavy atom. The number of rotatable bonds is 1. The first kappa shape index (κ1) is 17.1. The first-order chi connectivity index (χ1) is 16.4. The van der Waals surface area contributed by atoms with Crippen LogP contribution in [-0.4, -0.2) is 14.5 Å². The minimum absolute atomic E-state index is 1.16. The quantitative estimate of drug-likeness (QED) is 0.269. The van der Waals surface area contributed by atoms with E-state index in [1.165, 1.54) is 65.6 Å². The number of aromatic nitrogens is 3. The summed E-state index contributed by atoms with van der Waals surface area (Å²) in [5.41, 5.74) is 8.32. The summed E-state index contributed by atoms with van der Waals surface area (Å²) in [5.74, 6) is 0. The summed E-state index contributed by atoms with van der Waals surface area (Å²) in [6.45, 7) is 0. The molecule has 5 aromatic carbocycles. The van der Waals surface area contributed by atoms with Gasteiger partial charge in [-0.1, -0.05) is 54.6 Å². The Hall–Kier alpha value is -4.50. The van der Waals surface area contributed by atoms with Crippen molar-refractivity contribution in [2.45, 2.75) is 0 Å². The van der Waals surface area contributed by atoms with Crippen molar-refractivity contribution in [2.24, 2.45) is 0 Å². The van der Waals surface area contributed by atoms with Gasteiger partial charge in [0.05, 0.1) is 11.0 Å². The van der Waals surface area contributed by atoms with Crippen molar-refractivity contribution < 1.29 is 0 Å². The van der Waals surface area contributed by atoms with Gasteiger partial charge in [0.1, 0.15) is 0 Å². The van der Waals surface area contributed by atoms with Gasteiger partial charge in [-0.2, -0.15) is 0 Å². The highest BCUT2D eigenvalue weighted by molar-refractivity contribution is 6.27. The van der Waals surface area contributed by atoms with Gasteiger partial charge in [0.2, 0.25) is 0 Å². The predicted octanol–water partition coefficient (Wildman–Crippen LogP) is 8.05. The molecule has 0 saturated heterocycles. The summed E-state index contributed by atoms with van der Waals surface area (Å²) in [7, 11) is 0. The lowest BCUT2D eigenvalue weighted by atomic mass is 10.0. The van der Waals surface area contributed by atoms with Gasteiger partial charge in [-0.15, -0.1) is 0 Å². The van der Waals surface area contributed by atoms with E-state index in [-0.39, 0.29) is 0 Å². The number of aromatic amines is 2. The Morgan fingerprint density at radius 2 is 0.939 bits per heavy atom. The number of fused-ring (bicyclic) bond motifs is 10. The van der Waals surface area contributed by atoms with Crippen LogP contribution < -0.4 is 0 Å². The molecule has 0 unspecified atom stereocenters. The zero-order valence-corrected chi connectivity index (χ0v) is 17.8. The van der Waals surface area contributed by atoms with Gasteiger partial charge in [-0.3, -0.25) is 0 Å². The number of nitrogens with zero attached hydrogens (tertiary/aromatic N) is 1. The number of hydrogen-bond donors (Lipinski definition) is 2. The standard InChI is InChI=1S/C30H19N3/c1-4-10-23-21(9-1)29-25(31-23)15-16-26-30(29)22-17-18(13-14-24(22)32-26)33-27-11-5-2-7-19(27)20-8-3-6-12-28(20)33/h1-17,31-32H. The first-order valence-electron chi connectivity index (χ1n) is 11.3. The molecule has 0 amide bonds. The smallest absolute Gasteiger partial charge is 0.0541 e. The van der Waals surface area contributed by atoms with E-state index in [1.807, 2.05) is 0 Å². The van der Waals surface area contributed by atoms with E-state index in [1.54, 1.807) is 0 Å². The molecule has 8 aromatic rings. The van der Waals surface area contributed by atoms with E-state index in [9.17, 15) is 0 Å². The molecule has 0 aliphatic heterocycles. The van der Waals surface area contributed by atoms with Crippen LogP contribution in [0.1, 0.15) is 0 Å². The molecule has 0 bridgehead atoms. The first-order valence-corrected chi connectivity index (χ1v) is 11.3. The van der Waals surface area contributed by atoms with E-state index >= 15 is 0 Å². The van der Waals surface area contributed by atoms with Crippen molar-refractivity contribution >= 4 is 65.4 Å². The minimum atomic E-state index is 1.16. The molecular weight excluding hydrogens is 402 g/mol. The van der Waals surface area contributed by atoms with Gasteiger partial charge < -0.3 is 14.5 Å². The molecule has 8 rings (SSSR count). The fraction of sp³-hybridized carbons (Fsp3) is 0. The highest BCUT2D eigenvalue weighted by atomic mass is 15.0. The molecule has 0 aliphatic carbocycles. The van der Waals surface area contributed by atoms with Crippen LogP contribution in [0.4, 0.5) is 0 Å². The maximum atomic E-state index is 3.65. The van der Waals surface area contributed by atoms with Gasteiger partial charge in [0.25, 0.3) is 0 Å². The third kappa shape index (κ3) is 2.18. The predicted molar refractivity (Wildman–Crippen MR) is 140 cm³/mol. The normalized spacial score (nSPS) is 12.2. The fourth-order valence-corrected chi connectivity index (χ4v) is 5.66. The highest BCUT2D eigenvalue weighted by Crippen LogP contribution is 2.38. The van der Waals surface area contributed by atoms with Crippen molar-refractivity contribution in [1.29, 1.82) is 0 Å². The molecule has 3 heteroatoms. The maximum Gasteiger partial charge on any atom is 0.0541 e. The second-order valence-corrected chi connectivity index (χ2v) is 8.81. The molecule has 154 valence electrons. The summed E-state index contributed by atoms with van der Waals surface area (Å²) in [6, 6.07) is 37.1. The Bertz CT molecular complexity index is 1980. The van der Waals surface area contributed by atoms with E-state index in [2.05, 4.69) is 118 Å². The second kappa shape index (κ2) is 6.05. The molecule has 3 aromatic heterocycles. The van der Waals surface area contributed by atoms with Crippen LogP contribution in [0.15, 0.2) is 103 Å². The van der Waals surface area contributed by atoms with Crippen LogP contribution in [0.3, 0.4) is 0 Å². The zero-order valence-electron chi connectivity index (χ0n) is 17.8. The van der Waals surface area contributed by atoms with Crippen LogP contribution in [0.2, 0.25) is 0 Å². The van der Waals surface area contributed by atoms with E-state index in [0.717, 1.165) is 5.52 Å². The summed E-state index contributed by atoms with van der Waals surface area (Å²) in [5, 5.41) is 7.65. The zero-order chi connectivity index (χ0) is 21.5. The Morgan fingerprint density at radius 1 is 0.424 bits per heavy atom. The average Bonchev–Trinajstić information content (AvgIpc) is 3.52. The lowest BCUT2D eigenvalue weighted by Crippen LogP contribution is -1.93. The molecule has 0 atom stereocenters. The van der Waals surface area contributed by atoms with Crippen LogP contribution in [-0.2, 0) is 0 Å². The number of benzene rings is 5. The minimum Gasteiger partial charge on any atom is -0.354 e. The molecule has 2 N–H and O–H groups in total. The maximum absolute atomic E-state index is 3.65. The molecule has 0 fully saturated rings. The monoisotopic (exact) mass is 421 g/mol. The summed E-state index contributed by atoms with van der Waals surface area (Å²) in [4.78, 5) is 7.24. The third-order valence-corrected chi connectivity index (χ3v) is 7.05. The summed E-state index contributed by atoms with van der Waals surface area (Å²) >= 11 is 0. The van der Waals surface area contributed by atoms with Crippen molar-refractivity contribution in [3.8, 4) is 5.69 Å². The van der Waals surface area contributed by atoms with Crippen LogP contribution >= 0.6 is 0 Å². The van der Waals surface area contributed by atoms with Crippen LogP contribution in [0.5, 0.6) is 0 Å². The van der Waals surface area contributed by atoms with Crippen molar-refractivity contribution in [3.63, 3.8) is 0 Å². The third-order valence-electron chi connectivity index (χ3n) is 7.05. The summed E-state index contributed by atoms with van der Waals surface area (Å²) in [6.07, 6.45) is 0. The molecule has 0 saturated carbocycles. The molecule has 0 aliphatic rings. The SMILES string of the molecule is c1ccc2c(c1)[nH]c1ccc3[nH]c4ccc(-n5c6ccccc6c6ccccc65)cc4c3c12. The Kier molecular flexibility index (Phi) is 3.14. The van der Waals surface area contributed by atoms with Crippen LogP contribution in [0.25, 0.3) is 71.1 Å². The lowest BCUT2D eigenvalue weighted by molar-refractivity contribution is 1.19. The molecule has 0 spiro atoms. The molecule has 3 nitrogen and oxygen atoms in total. The van der Waals surface area contributed by atoms with Gasteiger partial charge >= 0.3 is 0 Å². The topological polar surface area (TPSA) is 36.5 Å². The van der Waals surface area contributed by atoms with E-state index in [0.29, 0.717) is 0 Å². The Balaban J connectivity index is 1.53. The van der Waals surface area contributed by atoms with Crippen molar-refractivity contribution in [3.05, 3.63) is 103 Å². The van der Waals surface area contributed by atoms with Gasteiger partial charge in [-0.25, -0.2) is 0 Å². The largest absolute Gasteiger partial charge is 0.354 e. The molecular formula is C30H19N3. The number of nitrogens with one attached hydrogen (secondary N) is 2. The highest BCUT2D eigenvalue weighted by Gasteiger charge is 2.15. The van der Waals surface area contributed by atoms with Crippen molar-refractivity contribution in [1.82, 2.24) is 14.5 Å². The van der Waals surface area contributed by atoms with E-state index < -0.39 is 0 Å². The fourth-order valence-electron chi connectivity index (χ4n) is 5.66. The lowest BCUT2D eigenvalue weighted by Gasteiger charge is -2.08. The molecule has 0 radical (unpaired) electrons. The van der Waals surface area contributed by atoms with Crippen molar-refractivity contribution in [2.75, 3.05) is 0 Å². The second-order valence-electron chi connectivity index (χ2n) is 8.81. The van der Waals surface area contributed by atoms with Gasteiger partial charge in [0, 0.05) is 60.1 Å². The molecule has 33 heavy (non-hydrogen) atoms. The number of para-hydroxylation sites is 3. The average molecular weight is 422 g/mol. The van der Waals surface area contributed by atoms with Crippen LogP contribution in [0, 0.1) is 0 Å². The van der Waals surface area contributed by atoms with Gasteiger partial charge in [0.15, 0.2) is 0 Å². The summed E-state index contributed by atoms with van der Waals surface area (Å²) < 4.78 is 2.39. The number of hydrogen-bond acceptors (Lipinski definition) is 0. The molecule has 3 heterocycles. The van der Waals surface area contributed by atoms with E-state index in [4.69, 9.17) is 0 Å².